The number of aryl methyl sites for hydroxylation is 2. The quantitative estimate of drug-likeness (QED) is 0.573. The zero-order chi connectivity index (χ0) is 24.8. The van der Waals surface area contributed by atoms with Gasteiger partial charge in [0, 0.05) is 12.6 Å². The maximum atomic E-state index is 13.6. The van der Waals surface area contributed by atoms with Crippen LogP contribution in [0.25, 0.3) is 0 Å². The molecule has 0 saturated heterocycles. The molecule has 0 aromatic heterocycles. The van der Waals surface area contributed by atoms with Gasteiger partial charge in [0.05, 0.1) is 11.9 Å². The van der Waals surface area contributed by atoms with Crippen molar-refractivity contribution in [3.05, 3.63) is 65.2 Å². The molecule has 2 aromatic carbocycles. The highest BCUT2D eigenvalue weighted by Crippen LogP contribution is 2.25. The fourth-order valence-electron chi connectivity index (χ4n) is 3.66. The number of anilines is 1. The molecule has 0 fully saturated rings. The average molecular weight is 474 g/mol. The Hall–Kier alpha value is -2.87. The van der Waals surface area contributed by atoms with E-state index in [9.17, 15) is 18.0 Å². The molecule has 0 aliphatic carbocycles. The van der Waals surface area contributed by atoms with Gasteiger partial charge in [-0.2, -0.15) is 0 Å². The molecule has 7 nitrogen and oxygen atoms in total. The van der Waals surface area contributed by atoms with E-state index < -0.39 is 22.0 Å². The molecule has 1 atom stereocenters. The minimum Gasteiger partial charge on any atom is -0.352 e. The molecule has 0 spiro atoms. The Kier molecular flexibility index (Phi) is 9.05. The van der Waals surface area contributed by atoms with Crippen molar-refractivity contribution in [2.24, 2.45) is 0 Å². The van der Waals surface area contributed by atoms with Crippen LogP contribution >= 0.6 is 0 Å². The highest BCUT2D eigenvalue weighted by Gasteiger charge is 2.32. The number of nitrogens with one attached hydrogen (secondary N) is 1. The molecule has 0 bridgehead atoms. The first-order valence-corrected chi connectivity index (χ1v) is 13.0. The van der Waals surface area contributed by atoms with Crippen molar-refractivity contribution < 1.29 is 18.0 Å². The number of carbonyl (C=O) groups is 2. The predicted molar refractivity (Wildman–Crippen MR) is 132 cm³/mol. The number of sulfonamides is 1. The summed E-state index contributed by atoms with van der Waals surface area (Å²) in [7, 11) is -3.75. The first-order chi connectivity index (χ1) is 15.4. The van der Waals surface area contributed by atoms with Crippen molar-refractivity contribution in [2.45, 2.75) is 59.7 Å². The van der Waals surface area contributed by atoms with E-state index in [1.165, 1.54) is 4.90 Å². The number of carbonyl (C=O) groups excluding carboxylic acids is 2. The van der Waals surface area contributed by atoms with Gasteiger partial charge in [0.25, 0.3) is 0 Å². The summed E-state index contributed by atoms with van der Waals surface area (Å²) < 4.78 is 26.5. The normalized spacial score (nSPS) is 12.3. The summed E-state index contributed by atoms with van der Waals surface area (Å²) in [6, 6.07) is 14.1. The maximum absolute atomic E-state index is 13.6. The molecule has 180 valence electrons. The van der Waals surface area contributed by atoms with E-state index >= 15 is 0 Å². The molecular formula is C25H35N3O4S. The van der Waals surface area contributed by atoms with Gasteiger partial charge in [0.1, 0.15) is 12.6 Å². The molecule has 0 radical (unpaired) electrons. The Labute approximate surface area is 197 Å². The minimum atomic E-state index is -3.75. The fourth-order valence-corrected chi connectivity index (χ4v) is 4.56. The third kappa shape index (κ3) is 7.32. The van der Waals surface area contributed by atoms with Crippen LogP contribution in [0.1, 0.15) is 43.9 Å². The van der Waals surface area contributed by atoms with Crippen molar-refractivity contribution >= 4 is 27.5 Å². The Balaban J connectivity index is 2.46. The van der Waals surface area contributed by atoms with Crippen LogP contribution in [-0.4, -0.2) is 50.0 Å². The lowest BCUT2D eigenvalue weighted by Gasteiger charge is -2.33. The highest BCUT2D eigenvalue weighted by atomic mass is 32.2. The van der Waals surface area contributed by atoms with Crippen molar-refractivity contribution in [3.63, 3.8) is 0 Å². The zero-order valence-corrected chi connectivity index (χ0v) is 21.1. The molecule has 0 unspecified atom stereocenters. The van der Waals surface area contributed by atoms with E-state index in [4.69, 9.17) is 0 Å². The van der Waals surface area contributed by atoms with Crippen molar-refractivity contribution in [1.29, 1.82) is 0 Å². The lowest BCUT2D eigenvalue weighted by Crippen LogP contribution is -2.53. The van der Waals surface area contributed by atoms with Crippen LogP contribution in [-0.2, 0) is 26.2 Å². The van der Waals surface area contributed by atoms with E-state index in [1.54, 1.807) is 6.07 Å². The third-order valence-corrected chi connectivity index (χ3v) is 6.45. The van der Waals surface area contributed by atoms with Gasteiger partial charge in [-0.3, -0.25) is 13.9 Å². The molecule has 0 aliphatic rings. The molecule has 2 aromatic rings. The molecule has 8 heteroatoms. The van der Waals surface area contributed by atoms with E-state index in [1.807, 2.05) is 77.1 Å². The molecule has 0 saturated carbocycles. The summed E-state index contributed by atoms with van der Waals surface area (Å²) in [6.45, 7) is 9.06. The lowest BCUT2D eigenvalue weighted by molar-refractivity contribution is -0.140. The Morgan fingerprint density at radius 3 is 2.21 bits per heavy atom. The molecule has 2 rings (SSSR count). The van der Waals surface area contributed by atoms with Gasteiger partial charge in [0.2, 0.25) is 21.8 Å². The van der Waals surface area contributed by atoms with Gasteiger partial charge in [-0.25, -0.2) is 8.42 Å². The number of rotatable bonds is 10. The summed E-state index contributed by atoms with van der Waals surface area (Å²) in [4.78, 5) is 28.0. The Morgan fingerprint density at radius 1 is 1.03 bits per heavy atom. The van der Waals surface area contributed by atoms with Gasteiger partial charge in [-0.1, -0.05) is 49.4 Å². The van der Waals surface area contributed by atoms with Crippen LogP contribution in [0.3, 0.4) is 0 Å². The molecule has 1 N–H and O–H groups in total. The standard InChI is InChI=1S/C25H35N3O4S/c1-7-22(25(30)26-18(2)3)27(16-21-11-9-8-10-12-21)24(29)17-28(33(6,31)32)23-15-19(4)13-14-20(23)5/h8-15,18,22H,7,16-17H2,1-6H3,(H,26,30)/t22-/m1/s1. The van der Waals surface area contributed by atoms with Gasteiger partial charge in [-0.15, -0.1) is 0 Å². The summed E-state index contributed by atoms with van der Waals surface area (Å²) >= 11 is 0. The van der Waals surface area contributed by atoms with Gasteiger partial charge >= 0.3 is 0 Å². The van der Waals surface area contributed by atoms with Crippen LogP contribution in [0.2, 0.25) is 0 Å². The highest BCUT2D eigenvalue weighted by molar-refractivity contribution is 7.92. The number of nitrogens with zero attached hydrogens (tertiary/aromatic N) is 2. The lowest BCUT2D eigenvalue weighted by atomic mass is 10.1. The van der Waals surface area contributed by atoms with E-state index in [2.05, 4.69) is 5.32 Å². The summed E-state index contributed by atoms with van der Waals surface area (Å²) in [5.41, 5.74) is 2.96. The summed E-state index contributed by atoms with van der Waals surface area (Å²) in [5.74, 6) is -0.689. The zero-order valence-electron chi connectivity index (χ0n) is 20.3. The van der Waals surface area contributed by atoms with Crippen LogP contribution < -0.4 is 9.62 Å². The van der Waals surface area contributed by atoms with Crippen molar-refractivity contribution in [3.8, 4) is 0 Å². The average Bonchev–Trinajstić information content (AvgIpc) is 2.73. The summed E-state index contributed by atoms with van der Waals surface area (Å²) in [5, 5.41) is 2.88. The topological polar surface area (TPSA) is 86.8 Å². The van der Waals surface area contributed by atoms with Gasteiger partial charge in [0.15, 0.2) is 0 Å². The minimum absolute atomic E-state index is 0.0808. The number of hydrogen-bond donors (Lipinski definition) is 1. The first-order valence-electron chi connectivity index (χ1n) is 11.1. The fraction of sp³-hybridized carbons (Fsp3) is 0.440. The summed E-state index contributed by atoms with van der Waals surface area (Å²) in [6.07, 6.45) is 1.49. The number of benzene rings is 2. The predicted octanol–water partition coefficient (Wildman–Crippen LogP) is 3.40. The first kappa shape index (κ1) is 26.4. The number of amides is 2. The molecule has 0 aliphatic heterocycles. The van der Waals surface area contributed by atoms with Crippen molar-refractivity contribution in [1.82, 2.24) is 10.2 Å². The van der Waals surface area contributed by atoms with Gasteiger partial charge in [-0.05, 0) is 56.9 Å². The number of hydrogen-bond acceptors (Lipinski definition) is 4. The maximum Gasteiger partial charge on any atom is 0.244 e. The van der Waals surface area contributed by atoms with E-state index in [0.717, 1.165) is 27.3 Å². The van der Waals surface area contributed by atoms with Crippen LogP contribution in [0, 0.1) is 13.8 Å². The van der Waals surface area contributed by atoms with Crippen LogP contribution in [0.4, 0.5) is 5.69 Å². The SMILES string of the molecule is CC[C@H](C(=O)NC(C)C)N(Cc1ccccc1)C(=O)CN(c1cc(C)ccc1C)S(C)(=O)=O. The van der Waals surface area contributed by atoms with Crippen LogP contribution in [0.15, 0.2) is 48.5 Å². The molecule has 2 amide bonds. The van der Waals surface area contributed by atoms with Gasteiger partial charge < -0.3 is 10.2 Å². The van der Waals surface area contributed by atoms with E-state index in [-0.39, 0.29) is 25.0 Å². The Morgan fingerprint density at radius 2 is 1.67 bits per heavy atom. The van der Waals surface area contributed by atoms with Crippen LogP contribution in [0.5, 0.6) is 0 Å². The second-order valence-corrected chi connectivity index (χ2v) is 10.6. The Bertz CT molecular complexity index is 1070. The third-order valence-electron chi connectivity index (χ3n) is 5.33. The smallest absolute Gasteiger partial charge is 0.244 e. The second kappa shape index (κ2) is 11.3. The monoisotopic (exact) mass is 473 g/mol. The van der Waals surface area contributed by atoms with E-state index in [0.29, 0.717) is 12.1 Å². The second-order valence-electron chi connectivity index (χ2n) is 8.65. The molecule has 0 heterocycles. The molecular weight excluding hydrogens is 438 g/mol. The largest absolute Gasteiger partial charge is 0.352 e. The van der Waals surface area contributed by atoms with Crippen molar-refractivity contribution in [2.75, 3.05) is 17.1 Å². The molecule has 33 heavy (non-hydrogen) atoms.